The van der Waals surface area contributed by atoms with Gasteiger partial charge in [-0.2, -0.15) is 0 Å². The second kappa shape index (κ2) is 6.35. The molecule has 0 saturated carbocycles. The van der Waals surface area contributed by atoms with Crippen LogP contribution >= 0.6 is 0 Å². The van der Waals surface area contributed by atoms with Gasteiger partial charge in [0.2, 0.25) is 0 Å². The van der Waals surface area contributed by atoms with E-state index in [1.165, 1.54) is 6.20 Å². The highest BCUT2D eigenvalue weighted by atomic mass is 28.3. The summed E-state index contributed by atoms with van der Waals surface area (Å²) in [5, 5.41) is 0. The lowest BCUT2D eigenvalue weighted by Crippen LogP contribution is -2.32. The average molecular weight is 265 g/mol. The summed E-state index contributed by atoms with van der Waals surface area (Å²) in [4.78, 5) is 15.6. The summed E-state index contributed by atoms with van der Waals surface area (Å²) >= 11 is 0. The van der Waals surface area contributed by atoms with Crippen LogP contribution in [0.2, 0.25) is 13.1 Å². The fourth-order valence-corrected chi connectivity index (χ4v) is 1.84. The Morgan fingerprint density at radius 3 is 2.89 bits per heavy atom. The molecule has 98 valence electrons. The molecule has 0 spiro atoms. The molecule has 0 bridgehead atoms. The van der Waals surface area contributed by atoms with Crippen LogP contribution in [0.4, 0.5) is 0 Å². The van der Waals surface area contributed by atoms with Crippen molar-refractivity contribution in [3.63, 3.8) is 0 Å². The number of carbonyl (C=O) groups excluding carboxylic acids is 1. The fourth-order valence-electron chi connectivity index (χ4n) is 1.19. The van der Waals surface area contributed by atoms with E-state index in [-0.39, 0.29) is 0 Å². The maximum absolute atomic E-state index is 11.7. The van der Waals surface area contributed by atoms with Crippen molar-refractivity contribution in [3.8, 4) is 5.75 Å². The largest absolute Gasteiger partial charge is 0.496 e. The molecule has 0 fully saturated rings. The van der Waals surface area contributed by atoms with Gasteiger partial charge in [0, 0.05) is 12.4 Å². The first-order valence-electron chi connectivity index (χ1n) is 5.87. The first-order valence-corrected chi connectivity index (χ1v) is 9.16. The predicted octanol–water partition coefficient (Wildman–Crippen LogP) is 2.61. The van der Waals surface area contributed by atoms with Gasteiger partial charge in [0.15, 0.2) is 0 Å². The maximum atomic E-state index is 11.7. The molecule has 4 nitrogen and oxygen atoms in total. The summed E-state index contributed by atoms with van der Waals surface area (Å²) in [5.74, 6) is 0.115. The number of ether oxygens (including phenoxy) is 2. The molecule has 1 heterocycles. The summed E-state index contributed by atoms with van der Waals surface area (Å²) in [5.41, 5.74) is 2.33. The van der Waals surface area contributed by atoms with Gasteiger partial charge in [-0.15, -0.1) is 6.58 Å². The average Bonchev–Trinajstić information content (AvgIpc) is 2.37. The molecule has 0 amide bonds. The molecule has 1 aromatic heterocycles. The molecule has 0 radical (unpaired) electrons. The summed E-state index contributed by atoms with van der Waals surface area (Å²) in [6, 6.07) is 1.68. The Morgan fingerprint density at radius 1 is 1.56 bits per heavy atom. The number of hydrogen-bond acceptors (Lipinski definition) is 4. The Balaban J connectivity index is 2.83. The van der Waals surface area contributed by atoms with E-state index in [0.29, 0.717) is 24.2 Å². The van der Waals surface area contributed by atoms with Crippen molar-refractivity contribution in [2.24, 2.45) is 0 Å². The third-order valence-corrected chi connectivity index (χ3v) is 4.42. The molecule has 5 heteroatoms. The third kappa shape index (κ3) is 3.99. The van der Waals surface area contributed by atoms with Crippen molar-refractivity contribution in [1.82, 2.24) is 4.98 Å². The van der Waals surface area contributed by atoms with Gasteiger partial charge in [0.25, 0.3) is 0 Å². The summed E-state index contributed by atoms with van der Waals surface area (Å²) in [6.45, 7) is 10.2. The molecule has 0 atom stereocenters. The molecular weight excluding hydrogens is 246 g/mol. The molecule has 1 aromatic rings. The SMILES string of the molecule is C=C[Si](C)(C)COc1ccncc1C(=O)OCC. The summed E-state index contributed by atoms with van der Waals surface area (Å²) in [7, 11) is -1.57. The van der Waals surface area contributed by atoms with Crippen LogP contribution in [0.1, 0.15) is 17.3 Å². The zero-order valence-corrected chi connectivity index (χ0v) is 12.1. The lowest BCUT2D eigenvalue weighted by atomic mass is 10.2. The first-order chi connectivity index (χ1) is 8.50. The molecule has 18 heavy (non-hydrogen) atoms. The summed E-state index contributed by atoms with van der Waals surface area (Å²) in [6.07, 6.45) is 3.64. The van der Waals surface area contributed by atoms with Crippen molar-refractivity contribution < 1.29 is 14.3 Å². The van der Waals surface area contributed by atoms with Gasteiger partial charge >= 0.3 is 5.97 Å². The Morgan fingerprint density at radius 2 is 2.28 bits per heavy atom. The molecule has 0 saturated heterocycles. The highest BCUT2D eigenvalue weighted by Crippen LogP contribution is 2.19. The number of aromatic nitrogens is 1. The van der Waals surface area contributed by atoms with E-state index in [9.17, 15) is 4.79 Å². The number of rotatable bonds is 6. The number of esters is 1. The first kappa shape index (κ1) is 14.4. The van der Waals surface area contributed by atoms with Crippen LogP contribution in [-0.2, 0) is 4.74 Å². The van der Waals surface area contributed by atoms with Crippen molar-refractivity contribution in [1.29, 1.82) is 0 Å². The van der Waals surface area contributed by atoms with Gasteiger partial charge in [0.05, 0.1) is 12.8 Å². The molecule has 0 aromatic carbocycles. The van der Waals surface area contributed by atoms with Gasteiger partial charge in [-0.25, -0.2) is 4.79 Å². The molecule has 0 N–H and O–H groups in total. The number of nitrogens with zero attached hydrogens (tertiary/aromatic N) is 1. The molecule has 0 aliphatic carbocycles. The number of carbonyl (C=O) groups is 1. The van der Waals surface area contributed by atoms with E-state index < -0.39 is 14.0 Å². The van der Waals surface area contributed by atoms with Crippen LogP contribution in [-0.4, -0.2) is 31.9 Å². The minimum atomic E-state index is -1.57. The van der Waals surface area contributed by atoms with E-state index >= 15 is 0 Å². The summed E-state index contributed by atoms with van der Waals surface area (Å²) < 4.78 is 10.7. The van der Waals surface area contributed by atoms with Gasteiger partial charge < -0.3 is 9.47 Å². The van der Waals surface area contributed by atoms with E-state index in [1.807, 2.05) is 5.70 Å². The van der Waals surface area contributed by atoms with Crippen LogP contribution in [0, 0.1) is 0 Å². The standard InChI is InChI=1S/C13H19NO3Si/c1-5-16-13(15)11-9-14-8-7-12(11)17-10-18(3,4)6-2/h6-9H,2,5,10H2,1,3-4H3. The zero-order chi connectivity index (χ0) is 13.6. The van der Waals surface area contributed by atoms with Gasteiger partial charge in [0.1, 0.15) is 19.4 Å². The van der Waals surface area contributed by atoms with Gasteiger partial charge in [-0.3, -0.25) is 4.98 Å². The Labute approximate surface area is 109 Å². The van der Waals surface area contributed by atoms with Crippen LogP contribution in [0.25, 0.3) is 0 Å². The van der Waals surface area contributed by atoms with Crippen molar-refractivity contribution in [3.05, 3.63) is 36.3 Å². The van der Waals surface area contributed by atoms with Crippen molar-refractivity contribution >= 4 is 14.0 Å². The highest BCUT2D eigenvalue weighted by molar-refractivity contribution is 6.82. The van der Waals surface area contributed by atoms with Crippen LogP contribution < -0.4 is 4.74 Å². The predicted molar refractivity (Wildman–Crippen MR) is 73.4 cm³/mol. The monoisotopic (exact) mass is 265 g/mol. The van der Waals surface area contributed by atoms with Gasteiger partial charge in [-0.1, -0.05) is 18.8 Å². The lowest BCUT2D eigenvalue weighted by molar-refractivity contribution is 0.0522. The smallest absolute Gasteiger partial charge is 0.343 e. The van der Waals surface area contributed by atoms with Crippen LogP contribution in [0.5, 0.6) is 5.75 Å². The second-order valence-corrected chi connectivity index (χ2v) is 9.25. The number of hydrogen-bond donors (Lipinski definition) is 0. The van der Waals surface area contributed by atoms with Crippen LogP contribution in [0.15, 0.2) is 30.7 Å². The molecule has 0 aliphatic rings. The van der Waals surface area contributed by atoms with E-state index in [1.54, 1.807) is 19.2 Å². The van der Waals surface area contributed by atoms with E-state index in [2.05, 4.69) is 24.7 Å². The second-order valence-electron chi connectivity index (χ2n) is 4.57. The van der Waals surface area contributed by atoms with E-state index in [0.717, 1.165) is 0 Å². The minimum Gasteiger partial charge on any atom is -0.496 e. The third-order valence-electron chi connectivity index (χ3n) is 2.43. The van der Waals surface area contributed by atoms with Crippen molar-refractivity contribution in [2.75, 3.05) is 12.8 Å². The highest BCUT2D eigenvalue weighted by Gasteiger charge is 2.20. The number of pyridine rings is 1. The van der Waals surface area contributed by atoms with Crippen LogP contribution in [0.3, 0.4) is 0 Å². The van der Waals surface area contributed by atoms with Gasteiger partial charge in [-0.05, 0) is 13.0 Å². The normalized spacial score (nSPS) is 10.8. The lowest BCUT2D eigenvalue weighted by Gasteiger charge is -2.18. The molecular formula is C13H19NO3Si. The molecule has 1 rings (SSSR count). The minimum absolute atomic E-state index is 0.333. The topological polar surface area (TPSA) is 48.4 Å². The van der Waals surface area contributed by atoms with Crippen molar-refractivity contribution in [2.45, 2.75) is 20.0 Å². The van der Waals surface area contributed by atoms with E-state index in [4.69, 9.17) is 9.47 Å². The Bertz CT molecular complexity index is 432. The zero-order valence-electron chi connectivity index (χ0n) is 11.1. The Hall–Kier alpha value is -1.62. The fraction of sp³-hybridized carbons (Fsp3) is 0.385. The maximum Gasteiger partial charge on any atom is 0.343 e. The quantitative estimate of drug-likeness (QED) is 0.586. The molecule has 0 unspecified atom stereocenters. The molecule has 0 aliphatic heterocycles. The Kier molecular flexibility index (Phi) is 5.09.